The Hall–Kier alpha value is -1.55. The van der Waals surface area contributed by atoms with Crippen molar-refractivity contribution in [3.8, 4) is 0 Å². The van der Waals surface area contributed by atoms with Crippen LogP contribution < -0.4 is 0 Å². The largest absolute Gasteiger partial charge is 0.445 e. The molecule has 0 radical (unpaired) electrons. The molecule has 0 bridgehead atoms. The summed E-state index contributed by atoms with van der Waals surface area (Å²) < 4.78 is 5.07. The number of carbonyl (C=O) groups is 1. The van der Waals surface area contributed by atoms with E-state index in [-0.39, 0.29) is 13.2 Å². The molecule has 1 aromatic rings. The Kier molecular flexibility index (Phi) is 4.79. The number of likely N-dealkylation sites (N-methyl/N-ethyl adjacent to an activating group) is 1. The zero-order valence-electron chi connectivity index (χ0n) is 9.59. The van der Waals surface area contributed by atoms with Gasteiger partial charge in [0, 0.05) is 13.6 Å². The molecule has 1 rings (SSSR count). The monoisotopic (exact) mass is 223 g/mol. The van der Waals surface area contributed by atoms with Gasteiger partial charge in [-0.05, 0) is 12.5 Å². The first-order valence-electron chi connectivity index (χ1n) is 5.19. The van der Waals surface area contributed by atoms with Crippen molar-refractivity contribution in [1.29, 1.82) is 0 Å². The Balaban J connectivity index is 2.35. The van der Waals surface area contributed by atoms with Crippen LogP contribution in [0.5, 0.6) is 0 Å². The molecule has 0 aliphatic rings. The molecular formula is C12H17NO3. The van der Waals surface area contributed by atoms with Gasteiger partial charge in [-0.25, -0.2) is 4.79 Å². The van der Waals surface area contributed by atoms with Crippen LogP contribution in [0.1, 0.15) is 12.5 Å². The molecule has 88 valence electrons. The molecule has 4 nitrogen and oxygen atoms in total. The predicted molar refractivity (Wildman–Crippen MR) is 60.9 cm³/mol. The number of hydrogen-bond donors (Lipinski definition) is 1. The fraction of sp³-hybridized carbons (Fsp3) is 0.417. The molecule has 0 aromatic heterocycles. The predicted octanol–water partition coefficient (Wildman–Crippen LogP) is 1.64. The third kappa shape index (κ3) is 4.31. The molecule has 0 saturated heterocycles. The highest BCUT2D eigenvalue weighted by Crippen LogP contribution is 2.02. The minimum absolute atomic E-state index is 0.254. The highest BCUT2D eigenvalue weighted by Gasteiger charge is 2.11. The standard InChI is InChI=1S/C12H17NO3/c1-10(14)8-13(2)12(15)16-9-11-6-4-3-5-7-11/h3-7,10,14H,8-9H2,1-2H3/t10-/m1/s1. The molecule has 1 amide bonds. The van der Waals surface area contributed by atoms with E-state index in [0.29, 0.717) is 0 Å². The maximum absolute atomic E-state index is 11.4. The van der Waals surface area contributed by atoms with Crippen LogP contribution in [0, 0.1) is 0 Å². The lowest BCUT2D eigenvalue weighted by atomic mass is 10.2. The second kappa shape index (κ2) is 6.12. The van der Waals surface area contributed by atoms with Crippen LogP contribution in [-0.2, 0) is 11.3 Å². The van der Waals surface area contributed by atoms with E-state index in [1.807, 2.05) is 30.3 Å². The van der Waals surface area contributed by atoms with E-state index in [4.69, 9.17) is 9.84 Å². The SMILES string of the molecule is C[C@@H](O)CN(C)C(=O)OCc1ccccc1. The zero-order chi connectivity index (χ0) is 12.0. The fourth-order valence-electron chi connectivity index (χ4n) is 1.30. The van der Waals surface area contributed by atoms with Gasteiger partial charge in [0.2, 0.25) is 0 Å². The van der Waals surface area contributed by atoms with Crippen LogP contribution in [0.3, 0.4) is 0 Å². The number of amides is 1. The Morgan fingerprint density at radius 2 is 2.06 bits per heavy atom. The topological polar surface area (TPSA) is 49.8 Å². The Morgan fingerprint density at radius 3 is 2.62 bits per heavy atom. The molecule has 0 aliphatic carbocycles. The molecule has 0 aliphatic heterocycles. The summed E-state index contributed by atoms with van der Waals surface area (Å²) in [5, 5.41) is 9.11. The van der Waals surface area contributed by atoms with Gasteiger partial charge in [0.05, 0.1) is 6.10 Å². The van der Waals surface area contributed by atoms with Crippen molar-refractivity contribution >= 4 is 6.09 Å². The van der Waals surface area contributed by atoms with Crippen LogP contribution in [0.2, 0.25) is 0 Å². The summed E-state index contributed by atoms with van der Waals surface area (Å²) in [5.41, 5.74) is 0.946. The van der Waals surface area contributed by atoms with Gasteiger partial charge in [0.15, 0.2) is 0 Å². The van der Waals surface area contributed by atoms with Crippen molar-refractivity contribution < 1.29 is 14.6 Å². The van der Waals surface area contributed by atoms with E-state index >= 15 is 0 Å². The van der Waals surface area contributed by atoms with Crippen LogP contribution in [0.4, 0.5) is 4.79 Å². The van der Waals surface area contributed by atoms with Gasteiger partial charge in [0.25, 0.3) is 0 Å². The normalized spacial score (nSPS) is 11.9. The molecule has 1 aromatic carbocycles. The number of carbonyl (C=O) groups excluding carboxylic acids is 1. The van der Waals surface area contributed by atoms with Crippen LogP contribution >= 0.6 is 0 Å². The van der Waals surface area contributed by atoms with Crippen LogP contribution in [0.15, 0.2) is 30.3 Å². The van der Waals surface area contributed by atoms with Crippen molar-refractivity contribution in [2.45, 2.75) is 19.6 Å². The lowest BCUT2D eigenvalue weighted by molar-refractivity contribution is 0.0834. The number of benzene rings is 1. The molecule has 0 fully saturated rings. The van der Waals surface area contributed by atoms with Gasteiger partial charge in [-0.1, -0.05) is 30.3 Å². The summed E-state index contributed by atoms with van der Waals surface area (Å²) in [6.07, 6.45) is -0.973. The minimum atomic E-state index is -0.547. The first-order valence-corrected chi connectivity index (χ1v) is 5.19. The molecule has 0 heterocycles. The first kappa shape index (κ1) is 12.5. The van der Waals surface area contributed by atoms with Gasteiger partial charge in [-0.3, -0.25) is 0 Å². The number of aliphatic hydroxyl groups excluding tert-OH is 1. The van der Waals surface area contributed by atoms with E-state index in [1.165, 1.54) is 4.90 Å². The van der Waals surface area contributed by atoms with E-state index in [1.54, 1.807) is 14.0 Å². The van der Waals surface area contributed by atoms with Crippen LogP contribution in [0.25, 0.3) is 0 Å². The maximum Gasteiger partial charge on any atom is 0.409 e. The zero-order valence-corrected chi connectivity index (χ0v) is 9.59. The second-order valence-electron chi connectivity index (χ2n) is 3.77. The summed E-state index contributed by atoms with van der Waals surface area (Å²) in [6, 6.07) is 9.47. The summed E-state index contributed by atoms with van der Waals surface area (Å²) in [6.45, 7) is 2.15. The summed E-state index contributed by atoms with van der Waals surface area (Å²) in [7, 11) is 1.60. The highest BCUT2D eigenvalue weighted by molar-refractivity contribution is 5.67. The van der Waals surface area contributed by atoms with Crippen molar-refractivity contribution in [3.63, 3.8) is 0 Å². The second-order valence-corrected chi connectivity index (χ2v) is 3.77. The number of hydrogen-bond acceptors (Lipinski definition) is 3. The molecule has 1 atom stereocenters. The first-order chi connectivity index (χ1) is 7.59. The maximum atomic E-state index is 11.4. The van der Waals surface area contributed by atoms with E-state index in [2.05, 4.69) is 0 Å². The number of ether oxygens (including phenoxy) is 1. The van der Waals surface area contributed by atoms with Crippen molar-refractivity contribution in [2.24, 2.45) is 0 Å². The van der Waals surface area contributed by atoms with Crippen molar-refractivity contribution in [2.75, 3.05) is 13.6 Å². The lowest BCUT2D eigenvalue weighted by Crippen LogP contribution is -2.33. The highest BCUT2D eigenvalue weighted by atomic mass is 16.6. The molecular weight excluding hydrogens is 206 g/mol. The van der Waals surface area contributed by atoms with E-state index in [9.17, 15) is 4.79 Å². The lowest BCUT2D eigenvalue weighted by Gasteiger charge is -2.18. The number of rotatable bonds is 4. The molecule has 0 spiro atoms. The number of nitrogens with zero attached hydrogens (tertiary/aromatic N) is 1. The molecule has 16 heavy (non-hydrogen) atoms. The van der Waals surface area contributed by atoms with Gasteiger partial charge in [-0.15, -0.1) is 0 Å². The van der Waals surface area contributed by atoms with Gasteiger partial charge < -0.3 is 14.7 Å². The average molecular weight is 223 g/mol. The molecule has 0 saturated carbocycles. The molecule has 4 heteroatoms. The third-order valence-electron chi connectivity index (χ3n) is 2.05. The van der Waals surface area contributed by atoms with Crippen molar-refractivity contribution in [3.05, 3.63) is 35.9 Å². The average Bonchev–Trinajstić information content (AvgIpc) is 2.26. The van der Waals surface area contributed by atoms with Gasteiger partial charge >= 0.3 is 6.09 Å². The van der Waals surface area contributed by atoms with Crippen molar-refractivity contribution in [1.82, 2.24) is 4.90 Å². The smallest absolute Gasteiger partial charge is 0.409 e. The Bertz CT molecular complexity index is 324. The third-order valence-corrected chi connectivity index (χ3v) is 2.05. The van der Waals surface area contributed by atoms with E-state index in [0.717, 1.165) is 5.56 Å². The molecule has 1 N–H and O–H groups in total. The quantitative estimate of drug-likeness (QED) is 0.844. The minimum Gasteiger partial charge on any atom is -0.445 e. The van der Waals surface area contributed by atoms with E-state index < -0.39 is 12.2 Å². The van der Waals surface area contributed by atoms with Gasteiger partial charge in [-0.2, -0.15) is 0 Å². The van der Waals surface area contributed by atoms with Gasteiger partial charge in [0.1, 0.15) is 6.61 Å². The fourth-order valence-corrected chi connectivity index (χ4v) is 1.30. The number of aliphatic hydroxyl groups is 1. The molecule has 0 unspecified atom stereocenters. The summed E-state index contributed by atoms with van der Waals surface area (Å²) in [5.74, 6) is 0. The van der Waals surface area contributed by atoms with Crippen LogP contribution in [-0.4, -0.2) is 35.8 Å². The Labute approximate surface area is 95.5 Å². The summed E-state index contributed by atoms with van der Waals surface area (Å²) >= 11 is 0. The Morgan fingerprint density at radius 1 is 1.44 bits per heavy atom. The summed E-state index contributed by atoms with van der Waals surface area (Å²) in [4.78, 5) is 12.8.